The Kier molecular flexibility index (Phi) is 7.83. The van der Waals surface area contributed by atoms with Gasteiger partial charge in [-0.1, -0.05) is 18.2 Å². The Labute approximate surface area is 241 Å². The van der Waals surface area contributed by atoms with Gasteiger partial charge < -0.3 is 15.2 Å². The van der Waals surface area contributed by atoms with Gasteiger partial charge in [0, 0.05) is 11.3 Å². The molecule has 1 aliphatic carbocycles. The number of nitrogens with zero attached hydrogens (tertiary/aromatic N) is 1. The molecule has 0 saturated heterocycles. The molecule has 1 unspecified atom stereocenters. The highest BCUT2D eigenvalue weighted by atomic mass is 32.2. The molecule has 16 heteroatoms. The zero-order chi connectivity index (χ0) is 32.4. The van der Waals surface area contributed by atoms with Crippen molar-refractivity contribution in [2.45, 2.75) is 80.3 Å². The monoisotopic (exact) mass is 640 g/mol. The quantitative estimate of drug-likeness (QED) is 0.392. The Hall–Kier alpha value is -3.40. The molecule has 0 aromatic heterocycles. The third-order valence-electron chi connectivity index (χ3n) is 6.93. The number of hydrogen-bond donors (Lipinski definition) is 2. The third kappa shape index (κ3) is 6.44. The second-order valence-corrected chi connectivity index (χ2v) is 13.5. The molecule has 0 bridgehead atoms. The van der Waals surface area contributed by atoms with E-state index >= 15 is 0 Å². The summed E-state index contributed by atoms with van der Waals surface area (Å²) >= 11 is 0. The number of alkyl halides is 7. The van der Waals surface area contributed by atoms with Gasteiger partial charge in [0.2, 0.25) is 0 Å². The van der Waals surface area contributed by atoms with Crippen LogP contribution in [0.4, 0.5) is 41.2 Å². The van der Waals surface area contributed by atoms with E-state index in [1.54, 1.807) is 20.8 Å². The van der Waals surface area contributed by atoms with Gasteiger partial charge in [0.1, 0.15) is 17.3 Å². The maximum atomic E-state index is 14.2. The van der Waals surface area contributed by atoms with E-state index in [4.69, 9.17) is 4.74 Å². The third-order valence-corrected chi connectivity index (χ3v) is 8.80. The number of carbonyl (C=O) groups excluding carboxylic acids is 2. The van der Waals surface area contributed by atoms with E-state index in [0.717, 1.165) is 11.0 Å². The highest BCUT2D eigenvalue weighted by Gasteiger charge is 2.71. The van der Waals surface area contributed by atoms with Crippen LogP contribution in [0, 0.1) is 0 Å². The maximum absolute atomic E-state index is 14.2. The number of anilines is 1. The molecular formula is C27H27F7N2O6S. The van der Waals surface area contributed by atoms with Crippen LogP contribution in [0.2, 0.25) is 0 Å². The average molecular weight is 641 g/mol. The summed E-state index contributed by atoms with van der Waals surface area (Å²) in [6, 6.07) is 4.31. The van der Waals surface area contributed by atoms with E-state index in [1.807, 2.05) is 0 Å². The Morgan fingerprint density at radius 1 is 1.00 bits per heavy atom. The minimum Gasteiger partial charge on any atom is -0.444 e. The lowest BCUT2D eigenvalue weighted by Crippen LogP contribution is -2.53. The van der Waals surface area contributed by atoms with E-state index in [9.17, 15) is 53.8 Å². The number of rotatable bonds is 6. The molecule has 43 heavy (non-hydrogen) atoms. The number of aliphatic hydroxyl groups is 1. The van der Waals surface area contributed by atoms with E-state index in [-0.39, 0.29) is 41.1 Å². The molecule has 2 aliphatic rings. The molecule has 4 rings (SSSR count). The van der Waals surface area contributed by atoms with Gasteiger partial charge in [-0.25, -0.2) is 17.6 Å². The van der Waals surface area contributed by atoms with Crippen molar-refractivity contribution >= 4 is 27.5 Å². The van der Waals surface area contributed by atoms with Gasteiger partial charge in [-0.05, 0) is 69.0 Å². The topological polar surface area (TPSA) is 113 Å². The molecule has 236 valence electrons. The average Bonchev–Trinajstić information content (AvgIpc) is 3.42. The minimum absolute atomic E-state index is 0.110. The van der Waals surface area contributed by atoms with Crippen molar-refractivity contribution in [1.29, 1.82) is 0 Å². The van der Waals surface area contributed by atoms with Crippen molar-refractivity contribution < 1.29 is 58.6 Å². The van der Waals surface area contributed by atoms with Crippen molar-refractivity contribution in [2.75, 3.05) is 11.1 Å². The number of ether oxygens (including phenoxy) is 1. The summed E-state index contributed by atoms with van der Waals surface area (Å²) in [4.78, 5) is 27.2. The van der Waals surface area contributed by atoms with Gasteiger partial charge in [-0.3, -0.25) is 9.69 Å². The number of amides is 2. The maximum Gasteiger partial charge on any atom is 0.430 e. The Morgan fingerprint density at radius 3 is 2.05 bits per heavy atom. The van der Waals surface area contributed by atoms with Crippen LogP contribution in [0.15, 0.2) is 47.4 Å². The molecule has 1 fully saturated rings. The van der Waals surface area contributed by atoms with Gasteiger partial charge in [0.15, 0.2) is 9.84 Å². The highest BCUT2D eigenvalue weighted by Crippen LogP contribution is 2.50. The Bertz CT molecular complexity index is 1510. The van der Waals surface area contributed by atoms with Gasteiger partial charge in [-0.2, -0.15) is 26.3 Å². The molecule has 1 heterocycles. The lowest BCUT2D eigenvalue weighted by atomic mass is 9.92. The second-order valence-electron chi connectivity index (χ2n) is 11.6. The lowest BCUT2D eigenvalue weighted by molar-refractivity contribution is -0.376. The van der Waals surface area contributed by atoms with Crippen molar-refractivity contribution in [2.24, 2.45) is 0 Å². The number of benzene rings is 2. The summed E-state index contributed by atoms with van der Waals surface area (Å²) in [6.07, 6.45) is -13.0. The lowest BCUT2D eigenvalue weighted by Gasteiger charge is -2.32. The SMILES string of the molecule is CC(C)(C)OC(=O)N1Cc2cc(S(=O)(=O)CC3(F)CC3)ccc2C1C(=O)Nc1ccc(C(O)(C(F)(F)F)C(F)(F)F)cc1. The van der Waals surface area contributed by atoms with E-state index in [0.29, 0.717) is 24.3 Å². The molecule has 2 amide bonds. The predicted molar refractivity (Wildman–Crippen MR) is 137 cm³/mol. The molecule has 1 aliphatic heterocycles. The van der Waals surface area contributed by atoms with Crippen LogP contribution in [0.3, 0.4) is 0 Å². The number of sulfone groups is 1. The first kappa shape index (κ1) is 32.5. The minimum atomic E-state index is -6.10. The van der Waals surface area contributed by atoms with Crippen LogP contribution in [0.1, 0.15) is 56.3 Å². The summed E-state index contributed by atoms with van der Waals surface area (Å²) in [6.45, 7) is 4.38. The first-order valence-corrected chi connectivity index (χ1v) is 14.4. The Balaban J connectivity index is 1.65. The summed E-state index contributed by atoms with van der Waals surface area (Å²) < 4.78 is 124. The summed E-state index contributed by atoms with van der Waals surface area (Å²) in [5, 5.41) is 11.9. The smallest absolute Gasteiger partial charge is 0.430 e. The zero-order valence-corrected chi connectivity index (χ0v) is 23.8. The predicted octanol–water partition coefficient (Wildman–Crippen LogP) is 5.71. The molecule has 1 saturated carbocycles. The van der Waals surface area contributed by atoms with Crippen LogP contribution in [0.25, 0.3) is 0 Å². The fraction of sp³-hybridized carbons (Fsp3) is 0.481. The van der Waals surface area contributed by atoms with Gasteiger partial charge >= 0.3 is 18.4 Å². The van der Waals surface area contributed by atoms with Crippen LogP contribution in [-0.4, -0.2) is 59.8 Å². The largest absolute Gasteiger partial charge is 0.444 e. The number of hydrogen-bond acceptors (Lipinski definition) is 6. The molecule has 2 aromatic rings. The standard InChI is InChI=1S/C27H27F7N2O6S/c1-23(2,3)42-22(38)36-13-15-12-18(43(40,41)14-24(28)10-11-24)8-9-19(15)20(36)21(37)35-17-6-4-16(5-7-17)25(39,26(29,30)31)27(32,33)34/h4-9,12,20,39H,10-11,13-14H2,1-3H3,(H,35,37). The molecule has 0 radical (unpaired) electrons. The van der Waals surface area contributed by atoms with E-state index < -0.39 is 68.4 Å². The van der Waals surface area contributed by atoms with Gasteiger partial charge in [0.25, 0.3) is 11.5 Å². The van der Waals surface area contributed by atoms with Crippen LogP contribution < -0.4 is 5.32 Å². The van der Waals surface area contributed by atoms with E-state index in [1.165, 1.54) is 12.1 Å². The van der Waals surface area contributed by atoms with Gasteiger partial charge in [0.05, 0.1) is 17.2 Å². The molecular weight excluding hydrogens is 613 g/mol. The van der Waals surface area contributed by atoms with Gasteiger partial charge in [-0.15, -0.1) is 0 Å². The summed E-state index contributed by atoms with van der Waals surface area (Å²) in [5.74, 6) is -1.68. The normalized spacial score (nSPS) is 18.7. The van der Waals surface area contributed by atoms with Crippen molar-refractivity contribution in [3.05, 3.63) is 59.2 Å². The summed E-state index contributed by atoms with van der Waals surface area (Å²) in [5.41, 5.74) is -9.40. The molecule has 2 aromatic carbocycles. The summed E-state index contributed by atoms with van der Waals surface area (Å²) in [7, 11) is -4.06. The number of fused-ring (bicyclic) bond motifs is 1. The molecule has 0 spiro atoms. The van der Waals surface area contributed by atoms with Crippen molar-refractivity contribution in [1.82, 2.24) is 4.90 Å². The number of halogens is 7. The fourth-order valence-corrected chi connectivity index (χ4v) is 6.33. The van der Waals surface area contributed by atoms with E-state index in [2.05, 4.69) is 5.32 Å². The fourth-order valence-electron chi connectivity index (χ4n) is 4.59. The molecule has 2 N–H and O–H groups in total. The van der Waals surface area contributed by atoms with Crippen LogP contribution >= 0.6 is 0 Å². The molecule has 1 atom stereocenters. The number of nitrogens with one attached hydrogen (secondary N) is 1. The van der Waals surface area contributed by atoms with Crippen molar-refractivity contribution in [3.8, 4) is 0 Å². The zero-order valence-electron chi connectivity index (χ0n) is 22.9. The highest BCUT2D eigenvalue weighted by molar-refractivity contribution is 7.91. The number of carbonyl (C=O) groups is 2. The first-order valence-electron chi connectivity index (χ1n) is 12.8. The van der Waals surface area contributed by atoms with Crippen LogP contribution in [-0.2, 0) is 31.5 Å². The van der Waals surface area contributed by atoms with Crippen LogP contribution in [0.5, 0.6) is 0 Å². The van der Waals surface area contributed by atoms with Crippen molar-refractivity contribution in [3.63, 3.8) is 0 Å². The molecule has 8 nitrogen and oxygen atoms in total. The first-order chi connectivity index (χ1) is 19.5. The second kappa shape index (κ2) is 10.4. The Morgan fingerprint density at radius 2 is 1.56 bits per heavy atom.